The summed E-state index contributed by atoms with van der Waals surface area (Å²) in [6, 6.07) is 3.03. The van der Waals surface area contributed by atoms with Gasteiger partial charge in [0.15, 0.2) is 0 Å². The summed E-state index contributed by atoms with van der Waals surface area (Å²) < 4.78 is 9.24. The van der Waals surface area contributed by atoms with E-state index < -0.39 is 17.7 Å². The van der Waals surface area contributed by atoms with Crippen molar-refractivity contribution < 1.29 is 23.9 Å². The van der Waals surface area contributed by atoms with Crippen molar-refractivity contribution in [3.63, 3.8) is 0 Å². The molecule has 0 unspecified atom stereocenters. The zero-order chi connectivity index (χ0) is 14.3. The van der Waals surface area contributed by atoms with Crippen LogP contribution in [-0.4, -0.2) is 30.9 Å². The second-order valence-electron chi connectivity index (χ2n) is 3.18. The van der Waals surface area contributed by atoms with Crippen LogP contribution in [0.2, 0.25) is 0 Å². The molecule has 0 aliphatic rings. The zero-order valence-corrected chi connectivity index (χ0v) is 11.3. The van der Waals surface area contributed by atoms with Gasteiger partial charge in [-0.15, -0.1) is 11.3 Å². The molecule has 1 aromatic rings. The van der Waals surface area contributed by atoms with Crippen molar-refractivity contribution in [2.24, 2.45) is 0 Å². The molecule has 1 aromatic heterocycles. The van der Waals surface area contributed by atoms with E-state index in [2.05, 4.69) is 21.3 Å². The minimum absolute atomic E-state index is 0.144. The van der Waals surface area contributed by atoms with Crippen LogP contribution >= 0.6 is 11.3 Å². The maximum absolute atomic E-state index is 11.6. The van der Waals surface area contributed by atoms with E-state index in [0.29, 0.717) is 4.88 Å². The monoisotopic (exact) mass is 280 g/mol. The molecule has 6 heteroatoms. The van der Waals surface area contributed by atoms with Gasteiger partial charge in [-0.05, 0) is 31.9 Å². The second-order valence-corrected chi connectivity index (χ2v) is 4.27. The maximum atomic E-state index is 11.6. The fourth-order valence-corrected chi connectivity index (χ4v) is 1.89. The van der Waals surface area contributed by atoms with E-state index in [0.717, 1.165) is 11.3 Å². The molecule has 0 aliphatic carbocycles. The largest absolute Gasteiger partial charge is 0.460 e. The number of carbonyl (C=O) groups excluding carboxylic acids is 3. The molecule has 0 atom stereocenters. The van der Waals surface area contributed by atoms with Gasteiger partial charge in [-0.1, -0.05) is 0 Å². The predicted octanol–water partition coefficient (Wildman–Crippen LogP) is 1.41. The molecule has 5 nitrogen and oxygen atoms in total. The predicted molar refractivity (Wildman–Crippen MR) is 68.8 cm³/mol. The summed E-state index contributed by atoms with van der Waals surface area (Å²) in [5.74, 6) is 2.61. The third-order valence-electron chi connectivity index (χ3n) is 1.85. The summed E-state index contributed by atoms with van der Waals surface area (Å²) in [6.45, 7) is 3.70. The van der Waals surface area contributed by atoms with Gasteiger partial charge in [0.05, 0.1) is 23.0 Å². The Labute approximate surface area is 114 Å². The molecule has 0 amide bonds. The first-order chi connectivity index (χ1) is 9.08. The van der Waals surface area contributed by atoms with Crippen molar-refractivity contribution in [3.05, 3.63) is 21.9 Å². The lowest BCUT2D eigenvalue weighted by Crippen LogP contribution is -2.16. The van der Waals surface area contributed by atoms with Gasteiger partial charge in [-0.2, -0.15) is 0 Å². The summed E-state index contributed by atoms with van der Waals surface area (Å²) >= 11 is 1.02. The van der Waals surface area contributed by atoms with Crippen LogP contribution in [0.1, 0.15) is 28.4 Å². The van der Waals surface area contributed by atoms with Gasteiger partial charge in [0, 0.05) is 5.92 Å². The molecule has 0 radical (unpaired) electrons. The van der Waals surface area contributed by atoms with E-state index in [4.69, 9.17) is 0 Å². The number of hydrogen-bond acceptors (Lipinski definition) is 6. The molecule has 0 N–H and O–H groups in total. The normalized spacial score (nSPS) is 9.16. The minimum atomic E-state index is -0.894. The number of thiophene rings is 1. The van der Waals surface area contributed by atoms with E-state index in [9.17, 15) is 14.4 Å². The van der Waals surface area contributed by atoms with Crippen LogP contribution in [0.5, 0.6) is 0 Å². The average Bonchev–Trinajstić information content (AvgIpc) is 2.85. The van der Waals surface area contributed by atoms with Crippen LogP contribution in [0, 0.1) is 11.8 Å². The molecule has 0 aliphatic heterocycles. The van der Waals surface area contributed by atoms with Crippen molar-refractivity contribution in [1.29, 1.82) is 0 Å². The zero-order valence-electron chi connectivity index (χ0n) is 10.5. The molecule has 100 valence electrons. The molecular weight excluding hydrogens is 268 g/mol. The number of ketones is 1. The van der Waals surface area contributed by atoms with Crippen LogP contribution in [0.15, 0.2) is 12.1 Å². The Morgan fingerprint density at radius 1 is 1.16 bits per heavy atom. The Morgan fingerprint density at radius 2 is 1.84 bits per heavy atom. The number of carbonyl (C=O) groups is 3. The molecule has 0 fully saturated rings. The number of esters is 2. The van der Waals surface area contributed by atoms with Gasteiger partial charge < -0.3 is 9.47 Å². The maximum Gasteiger partial charge on any atom is 0.384 e. The number of Topliss-reactive ketones (excluding diaryl/α,β-unsaturated/α-hetero) is 1. The van der Waals surface area contributed by atoms with Crippen molar-refractivity contribution in [2.45, 2.75) is 13.8 Å². The smallest absolute Gasteiger partial charge is 0.384 e. The van der Waals surface area contributed by atoms with Crippen molar-refractivity contribution in [3.8, 4) is 11.8 Å². The van der Waals surface area contributed by atoms with Gasteiger partial charge in [0.25, 0.3) is 5.78 Å². The Kier molecular flexibility index (Phi) is 5.76. The Hall–Kier alpha value is -2.13. The van der Waals surface area contributed by atoms with Crippen molar-refractivity contribution >= 4 is 29.1 Å². The molecule has 0 aromatic carbocycles. The highest BCUT2D eigenvalue weighted by atomic mass is 32.1. The lowest BCUT2D eigenvalue weighted by molar-refractivity contribution is -0.137. The molecule has 0 bridgehead atoms. The van der Waals surface area contributed by atoms with Gasteiger partial charge in [0.2, 0.25) is 0 Å². The quantitative estimate of drug-likeness (QED) is 0.361. The van der Waals surface area contributed by atoms with Crippen molar-refractivity contribution in [1.82, 2.24) is 0 Å². The standard InChI is InChI=1S/C13H12O5S/c1-3-17-11(14)8-6-9-5-7-10(19-9)12(15)13(16)18-4-2/h5,7H,3-4H2,1-2H3. The van der Waals surface area contributed by atoms with E-state index in [1.54, 1.807) is 19.9 Å². The Morgan fingerprint density at radius 3 is 2.47 bits per heavy atom. The van der Waals surface area contributed by atoms with E-state index in [1.807, 2.05) is 0 Å². The van der Waals surface area contributed by atoms with Crippen LogP contribution < -0.4 is 0 Å². The molecule has 0 saturated carbocycles. The molecule has 19 heavy (non-hydrogen) atoms. The Bertz CT molecular complexity index is 547. The average molecular weight is 280 g/mol. The van der Waals surface area contributed by atoms with E-state index >= 15 is 0 Å². The summed E-state index contributed by atoms with van der Waals surface area (Å²) in [6.07, 6.45) is 0. The molecule has 1 rings (SSSR count). The summed E-state index contributed by atoms with van der Waals surface area (Å²) in [5.41, 5.74) is 0. The molecular formula is C13H12O5S. The minimum Gasteiger partial charge on any atom is -0.460 e. The summed E-state index contributed by atoms with van der Waals surface area (Å²) in [7, 11) is 0. The lowest BCUT2D eigenvalue weighted by atomic mass is 10.3. The first-order valence-electron chi connectivity index (χ1n) is 5.58. The number of hydrogen-bond donors (Lipinski definition) is 0. The van der Waals surface area contributed by atoms with Crippen LogP contribution in [0.3, 0.4) is 0 Å². The van der Waals surface area contributed by atoms with Gasteiger partial charge in [-0.25, -0.2) is 9.59 Å². The molecule has 0 spiro atoms. The fourth-order valence-electron chi connectivity index (χ4n) is 1.10. The summed E-state index contributed by atoms with van der Waals surface area (Å²) in [4.78, 5) is 34.6. The van der Waals surface area contributed by atoms with E-state index in [-0.39, 0.29) is 18.1 Å². The summed E-state index contributed by atoms with van der Waals surface area (Å²) in [5, 5.41) is 0. The van der Waals surface area contributed by atoms with Crippen LogP contribution in [-0.2, 0) is 19.1 Å². The SMILES string of the molecule is CCOC(=O)C#Cc1ccc(C(=O)C(=O)OCC)s1. The van der Waals surface area contributed by atoms with Gasteiger partial charge >= 0.3 is 11.9 Å². The van der Waals surface area contributed by atoms with Crippen molar-refractivity contribution in [2.75, 3.05) is 13.2 Å². The number of rotatable bonds is 4. The highest BCUT2D eigenvalue weighted by Gasteiger charge is 2.19. The second kappa shape index (κ2) is 7.34. The first-order valence-corrected chi connectivity index (χ1v) is 6.40. The lowest BCUT2D eigenvalue weighted by Gasteiger charge is -1.97. The fraction of sp³-hybridized carbons (Fsp3) is 0.308. The highest BCUT2D eigenvalue weighted by molar-refractivity contribution is 7.15. The first kappa shape index (κ1) is 14.9. The highest BCUT2D eigenvalue weighted by Crippen LogP contribution is 2.16. The molecule has 0 saturated heterocycles. The number of ether oxygens (including phenoxy) is 2. The van der Waals surface area contributed by atoms with E-state index in [1.165, 1.54) is 6.07 Å². The van der Waals surface area contributed by atoms with Gasteiger partial charge in [-0.3, -0.25) is 4.79 Å². The van der Waals surface area contributed by atoms with Crippen LogP contribution in [0.25, 0.3) is 0 Å². The van der Waals surface area contributed by atoms with Gasteiger partial charge in [0.1, 0.15) is 0 Å². The Balaban J connectivity index is 2.75. The topological polar surface area (TPSA) is 69.7 Å². The third kappa shape index (κ3) is 4.56. The van der Waals surface area contributed by atoms with Crippen LogP contribution in [0.4, 0.5) is 0 Å². The molecule has 1 heterocycles. The third-order valence-corrected chi connectivity index (χ3v) is 2.85.